The Balaban J connectivity index is 0.922. The molecule has 1 saturated carbocycles. The van der Waals surface area contributed by atoms with E-state index in [1.54, 1.807) is 35.1 Å². The molecule has 4 heterocycles. The second-order valence-electron chi connectivity index (χ2n) is 14.1. The first-order valence-corrected chi connectivity index (χ1v) is 18.2. The molecule has 0 spiro atoms. The standard InChI is InChI=1S/C40H45FN8O3/c1-26-24-48(25-27(2)44-26)18-4-6-28-9-11-29(12-10-28)30-7-3-8-34(20-30)52-40-35(21-31(41)23-43-40)38(50)45-32-13-15-33(16-14-32)46-39(51)36-22-37-42-17-5-19-49(37)47-36/h3,5,7-12,17,19-23,26-27,32-33,44H,4,6,13-16,18,24-25H2,1-2H3,(H,45,50)(H,46,51)/t26-,27+,32?,33?. The maximum absolute atomic E-state index is 14.4. The van der Waals surface area contributed by atoms with Crippen LogP contribution in [0, 0.1) is 5.82 Å². The summed E-state index contributed by atoms with van der Waals surface area (Å²) in [5.74, 6) is -0.821. The molecule has 12 heteroatoms. The van der Waals surface area contributed by atoms with Crippen LogP contribution in [0.2, 0.25) is 0 Å². The minimum atomic E-state index is -0.628. The van der Waals surface area contributed by atoms with Gasteiger partial charge in [0.25, 0.3) is 11.8 Å². The number of carbonyl (C=O) groups excluding carboxylic acids is 2. The molecule has 270 valence electrons. The lowest BCUT2D eigenvalue weighted by Crippen LogP contribution is -2.54. The van der Waals surface area contributed by atoms with Gasteiger partial charge in [0.2, 0.25) is 5.88 Å². The molecule has 0 bridgehead atoms. The van der Waals surface area contributed by atoms with Gasteiger partial charge in [-0.25, -0.2) is 18.9 Å². The largest absolute Gasteiger partial charge is 0.438 e. The summed E-state index contributed by atoms with van der Waals surface area (Å²) in [5, 5.41) is 14.0. The van der Waals surface area contributed by atoms with Gasteiger partial charge >= 0.3 is 0 Å². The van der Waals surface area contributed by atoms with Gasteiger partial charge in [0.1, 0.15) is 17.1 Å². The smallest absolute Gasteiger partial charge is 0.272 e. The third-order valence-electron chi connectivity index (χ3n) is 9.84. The highest BCUT2D eigenvalue weighted by molar-refractivity contribution is 5.96. The number of fused-ring (bicyclic) bond motifs is 1. The molecule has 0 radical (unpaired) electrons. The van der Waals surface area contributed by atoms with Crippen LogP contribution in [0.4, 0.5) is 4.39 Å². The maximum atomic E-state index is 14.4. The average Bonchev–Trinajstić information content (AvgIpc) is 3.58. The Labute approximate surface area is 303 Å². The number of benzene rings is 2. The van der Waals surface area contributed by atoms with E-state index < -0.39 is 11.7 Å². The third-order valence-corrected chi connectivity index (χ3v) is 9.84. The van der Waals surface area contributed by atoms with Crippen molar-refractivity contribution in [1.29, 1.82) is 0 Å². The number of hydrogen-bond donors (Lipinski definition) is 3. The van der Waals surface area contributed by atoms with E-state index in [1.165, 1.54) is 5.56 Å². The quantitative estimate of drug-likeness (QED) is 0.157. The van der Waals surface area contributed by atoms with Crippen LogP contribution in [0.15, 0.2) is 85.3 Å². The minimum Gasteiger partial charge on any atom is -0.438 e. The molecular formula is C40H45FN8O3. The Bertz CT molecular complexity index is 1970. The van der Waals surface area contributed by atoms with Crippen molar-refractivity contribution < 1.29 is 18.7 Å². The van der Waals surface area contributed by atoms with E-state index in [0.717, 1.165) is 55.9 Å². The molecule has 3 aromatic heterocycles. The number of carbonyl (C=O) groups is 2. The van der Waals surface area contributed by atoms with Gasteiger partial charge < -0.3 is 25.6 Å². The molecule has 5 aromatic rings. The molecule has 1 saturated heterocycles. The number of rotatable bonds is 11. The number of hydrogen-bond acceptors (Lipinski definition) is 8. The van der Waals surface area contributed by atoms with Gasteiger partial charge in [0.15, 0.2) is 11.3 Å². The van der Waals surface area contributed by atoms with Crippen molar-refractivity contribution >= 4 is 17.5 Å². The lowest BCUT2D eigenvalue weighted by molar-refractivity contribution is 0.0887. The molecular weight excluding hydrogens is 659 g/mol. The fraction of sp³-hybridized carbons (Fsp3) is 0.375. The van der Waals surface area contributed by atoms with E-state index in [-0.39, 0.29) is 29.4 Å². The predicted molar refractivity (Wildman–Crippen MR) is 197 cm³/mol. The molecule has 1 aliphatic heterocycles. The fourth-order valence-corrected chi connectivity index (χ4v) is 7.36. The van der Waals surface area contributed by atoms with Crippen LogP contribution in [0.25, 0.3) is 16.8 Å². The average molecular weight is 705 g/mol. The van der Waals surface area contributed by atoms with Gasteiger partial charge in [-0.2, -0.15) is 5.10 Å². The summed E-state index contributed by atoms with van der Waals surface area (Å²) in [6, 6.07) is 21.6. The Kier molecular flexibility index (Phi) is 10.8. The molecule has 2 fully saturated rings. The van der Waals surface area contributed by atoms with E-state index in [0.29, 0.717) is 54.9 Å². The van der Waals surface area contributed by atoms with Crippen LogP contribution in [0.5, 0.6) is 11.6 Å². The normalized spacial score (nSPS) is 20.8. The number of nitrogens with zero attached hydrogens (tertiary/aromatic N) is 5. The van der Waals surface area contributed by atoms with E-state index in [1.807, 2.05) is 18.2 Å². The minimum absolute atomic E-state index is 0.0235. The van der Waals surface area contributed by atoms with Crippen LogP contribution in [-0.2, 0) is 6.42 Å². The summed E-state index contributed by atoms with van der Waals surface area (Å²) in [5.41, 5.74) is 4.24. The van der Waals surface area contributed by atoms with E-state index in [9.17, 15) is 14.0 Å². The van der Waals surface area contributed by atoms with Gasteiger partial charge in [-0.1, -0.05) is 36.4 Å². The van der Waals surface area contributed by atoms with Crippen LogP contribution in [0.3, 0.4) is 0 Å². The summed E-state index contributed by atoms with van der Waals surface area (Å²) >= 11 is 0. The van der Waals surface area contributed by atoms with Crippen LogP contribution in [0.1, 0.15) is 72.4 Å². The molecule has 2 amide bonds. The predicted octanol–water partition coefficient (Wildman–Crippen LogP) is 5.81. The first kappa shape index (κ1) is 35.2. The summed E-state index contributed by atoms with van der Waals surface area (Å²) in [7, 11) is 0. The monoisotopic (exact) mass is 704 g/mol. The van der Waals surface area contributed by atoms with Crippen molar-refractivity contribution in [2.75, 3.05) is 19.6 Å². The van der Waals surface area contributed by atoms with Crippen LogP contribution >= 0.6 is 0 Å². The number of pyridine rings is 1. The van der Waals surface area contributed by atoms with Crippen molar-refractivity contribution in [3.63, 3.8) is 0 Å². The van der Waals surface area contributed by atoms with Gasteiger partial charge in [-0.15, -0.1) is 0 Å². The van der Waals surface area contributed by atoms with E-state index in [2.05, 4.69) is 74.0 Å². The van der Waals surface area contributed by atoms with Crippen molar-refractivity contribution in [2.24, 2.45) is 0 Å². The summed E-state index contributed by atoms with van der Waals surface area (Å²) < 4.78 is 22.0. The third kappa shape index (κ3) is 8.80. The van der Waals surface area contributed by atoms with E-state index >= 15 is 0 Å². The van der Waals surface area contributed by atoms with Gasteiger partial charge in [0, 0.05) is 55.7 Å². The number of halogens is 1. The topological polar surface area (TPSA) is 126 Å². The number of ether oxygens (including phenoxy) is 1. The molecule has 0 unspecified atom stereocenters. The molecule has 3 N–H and O–H groups in total. The molecule has 11 nitrogen and oxygen atoms in total. The second-order valence-corrected chi connectivity index (χ2v) is 14.1. The Morgan fingerprint density at radius 3 is 2.35 bits per heavy atom. The van der Waals surface area contributed by atoms with Gasteiger partial charge in [0.05, 0.1) is 6.20 Å². The van der Waals surface area contributed by atoms with Crippen molar-refractivity contribution in [2.45, 2.75) is 76.5 Å². The van der Waals surface area contributed by atoms with Crippen molar-refractivity contribution in [1.82, 2.24) is 40.4 Å². The highest BCUT2D eigenvalue weighted by atomic mass is 19.1. The van der Waals surface area contributed by atoms with E-state index in [4.69, 9.17) is 4.74 Å². The molecule has 2 atom stereocenters. The molecule has 1 aliphatic carbocycles. The first-order valence-electron chi connectivity index (χ1n) is 18.2. The zero-order valence-corrected chi connectivity index (χ0v) is 29.6. The Hall–Kier alpha value is -5.20. The molecule has 2 aliphatic rings. The van der Waals surface area contributed by atoms with Crippen LogP contribution < -0.4 is 20.7 Å². The summed E-state index contributed by atoms with van der Waals surface area (Å²) in [4.78, 5) is 37.1. The number of nitrogens with one attached hydrogen (secondary N) is 3. The Morgan fingerprint density at radius 2 is 1.62 bits per heavy atom. The summed E-state index contributed by atoms with van der Waals surface area (Å²) in [6.07, 6.45) is 9.23. The highest BCUT2D eigenvalue weighted by Gasteiger charge is 2.27. The number of aryl methyl sites for hydroxylation is 1. The number of piperazine rings is 1. The first-order chi connectivity index (χ1) is 25.3. The van der Waals surface area contributed by atoms with Crippen molar-refractivity contribution in [3.05, 3.63) is 108 Å². The zero-order valence-electron chi connectivity index (χ0n) is 29.6. The summed E-state index contributed by atoms with van der Waals surface area (Å²) in [6.45, 7) is 7.78. The second kappa shape index (κ2) is 16.0. The van der Waals surface area contributed by atoms with Gasteiger partial charge in [-0.05, 0) is 99.9 Å². The fourth-order valence-electron chi connectivity index (χ4n) is 7.36. The lowest BCUT2D eigenvalue weighted by Gasteiger charge is -2.36. The highest BCUT2D eigenvalue weighted by Crippen LogP contribution is 2.29. The maximum Gasteiger partial charge on any atom is 0.272 e. The molecule has 52 heavy (non-hydrogen) atoms. The molecule has 7 rings (SSSR count). The lowest BCUT2D eigenvalue weighted by atomic mass is 9.91. The molecule has 2 aromatic carbocycles. The van der Waals surface area contributed by atoms with Crippen LogP contribution in [-0.4, -0.2) is 80.1 Å². The SMILES string of the molecule is C[C@@H]1CN(CCCc2ccc(-c3cccc(Oc4ncc(F)cc4C(=O)NC4CCC(NC(=O)c5cc6ncccn6n5)CC4)c3)cc2)C[C@H](C)N1. The number of amides is 2. The van der Waals surface area contributed by atoms with Crippen molar-refractivity contribution in [3.8, 4) is 22.8 Å². The zero-order chi connectivity index (χ0) is 36.0. The van der Waals surface area contributed by atoms with Gasteiger partial charge in [-0.3, -0.25) is 9.59 Å². The number of aromatic nitrogens is 4. The Morgan fingerprint density at radius 1 is 0.885 bits per heavy atom.